The third kappa shape index (κ3) is 3.95. The highest BCUT2D eigenvalue weighted by Gasteiger charge is 2.72. The van der Waals surface area contributed by atoms with Crippen molar-refractivity contribution in [1.82, 2.24) is 0 Å². The molecule has 0 aliphatic rings. The molecule has 0 amide bonds. The first kappa shape index (κ1) is 23.5. The number of aromatic hydroxyl groups is 1. The molecule has 0 aliphatic carbocycles. The quantitative estimate of drug-likeness (QED) is 0.178. The minimum Gasteiger partial charge on any atom is -0.507 e. The zero-order valence-corrected chi connectivity index (χ0v) is 17.3. The van der Waals surface area contributed by atoms with E-state index in [1.165, 1.54) is 12.1 Å². The number of phenolic OH excluding ortho intramolecular Hbond substituents is 1. The highest BCUT2D eigenvalue weighted by Crippen LogP contribution is 2.46. The van der Waals surface area contributed by atoms with Crippen LogP contribution in [0.4, 0.5) is 30.7 Å². The van der Waals surface area contributed by atoms with Crippen molar-refractivity contribution >= 4 is 27.8 Å². The molecular weight excluding hydrogens is 463 g/mol. The molecule has 0 atom stereocenters. The second-order valence-corrected chi connectivity index (χ2v) is 7.68. The Morgan fingerprint density at radius 3 is 1.85 bits per heavy atom. The van der Waals surface area contributed by atoms with Gasteiger partial charge in [0.1, 0.15) is 12.3 Å². The Bertz CT molecular complexity index is 1340. The summed E-state index contributed by atoms with van der Waals surface area (Å²) in [4.78, 5) is 3.10. The Morgan fingerprint density at radius 1 is 0.735 bits per heavy atom. The Balaban J connectivity index is 1.78. The molecule has 2 nitrogen and oxygen atoms in total. The molecular formula is C25H16F7NO. The molecule has 9 heteroatoms. The molecule has 4 aromatic carbocycles. The van der Waals surface area contributed by atoms with E-state index in [4.69, 9.17) is 0 Å². The number of rotatable bonds is 5. The van der Waals surface area contributed by atoms with Gasteiger partial charge in [-0.1, -0.05) is 60.7 Å². The van der Waals surface area contributed by atoms with Crippen LogP contribution in [0.2, 0.25) is 0 Å². The van der Waals surface area contributed by atoms with E-state index in [1.54, 1.807) is 6.07 Å². The normalized spacial score (nSPS) is 13.3. The smallest absolute Gasteiger partial charge is 0.459 e. The summed E-state index contributed by atoms with van der Waals surface area (Å²) in [6, 6.07) is 21.1. The highest BCUT2D eigenvalue weighted by atomic mass is 19.4. The van der Waals surface area contributed by atoms with Gasteiger partial charge in [0, 0.05) is 22.9 Å². The van der Waals surface area contributed by atoms with Gasteiger partial charge in [0.15, 0.2) is 0 Å². The Morgan fingerprint density at radius 2 is 1.29 bits per heavy atom. The van der Waals surface area contributed by atoms with Crippen LogP contribution < -0.4 is 0 Å². The van der Waals surface area contributed by atoms with Gasteiger partial charge >= 0.3 is 18.0 Å². The van der Waals surface area contributed by atoms with Crippen molar-refractivity contribution in [2.24, 2.45) is 4.99 Å². The van der Waals surface area contributed by atoms with Crippen molar-refractivity contribution in [3.63, 3.8) is 0 Å². The van der Waals surface area contributed by atoms with Crippen LogP contribution in [0.15, 0.2) is 77.8 Å². The molecule has 0 radical (unpaired) electrons. The van der Waals surface area contributed by atoms with Crippen LogP contribution in [0.25, 0.3) is 32.7 Å². The molecule has 0 saturated carbocycles. The number of phenols is 1. The molecule has 0 aliphatic heterocycles. The van der Waals surface area contributed by atoms with Crippen LogP contribution in [0.5, 0.6) is 5.75 Å². The molecule has 0 heterocycles. The molecule has 0 spiro atoms. The molecule has 0 saturated heterocycles. The molecule has 34 heavy (non-hydrogen) atoms. The number of halogens is 7. The van der Waals surface area contributed by atoms with E-state index in [0.717, 1.165) is 21.5 Å². The fourth-order valence-corrected chi connectivity index (χ4v) is 3.74. The van der Waals surface area contributed by atoms with E-state index >= 15 is 0 Å². The van der Waals surface area contributed by atoms with Crippen molar-refractivity contribution in [1.29, 1.82) is 0 Å². The summed E-state index contributed by atoms with van der Waals surface area (Å²) >= 11 is 0. The van der Waals surface area contributed by atoms with Gasteiger partial charge in [0.2, 0.25) is 0 Å². The Kier molecular flexibility index (Phi) is 5.75. The fraction of sp³-hybridized carbons (Fsp3) is 0.160. The summed E-state index contributed by atoms with van der Waals surface area (Å²) in [7, 11) is 0. The lowest BCUT2D eigenvalue weighted by Gasteiger charge is -2.26. The van der Waals surface area contributed by atoms with Crippen LogP contribution in [0.1, 0.15) is 5.56 Å². The Hall–Kier alpha value is -3.62. The monoisotopic (exact) mass is 479 g/mol. The van der Waals surface area contributed by atoms with Crippen molar-refractivity contribution in [3.8, 4) is 16.9 Å². The molecule has 0 bridgehead atoms. The van der Waals surface area contributed by atoms with E-state index in [2.05, 4.69) is 4.99 Å². The number of para-hydroxylation sites is 1. The second kappa shape index (κ2) is 8.30. The van der Waals surface area contributed by atoms with Gasteiger partial charge in [-0.05, 0) is 33.7 Å². The van der Waals surface area contributed by atoms with Crippen LogP contribution in [-0.4, -0.2) is 35.9 Å². The average molecular weight is 479 g/mol. The number of alkyl halides is 7. The maximum atomic E-state index is 13.5. The number of benzene rings is 4. The standard InChI is InChI=1S/C25H16F7NO/c26-23(27,24(28,29)25(30,31)32)14-33-13-17-8-5-11-20(22(17)34)21-18-9-3-1-6-15(18)12-16-7-2-4-10-19(16)21/h1-13,34H,14H2. The van der Waals surface area contributed by atoms with Crippen LogP contribution in [0.3, 0.4) is 0 Å². The average Bonchev–Trinajstić information content (AvgIpc) is 2.78. The van der Waals surface area contributed by atoms with E-state index in [1.807, 2.05) is 54.6 Å². The van der Waals surface area contributed by atoms with Crippen molar-refractivity contribution < 1.29 is 35.8 Å². The maximum absolute atomic E-state index is 13.5. The summed E-state index contributed by atoms with van der Waals surface area (Å²) in [5.41, 5.74) is 0.861. The van der Waals surface area contributed by atoms with Crippen molar-refractivity contribution in [2.75, 3.05) is 6.54 Å². The minimum absolute atomic E-state index is 0.111. The highest BCUT2D eigenvalue weighted by molar-refractivity contribution is 6.14. The first-order valence-electron chi connectivity index (χ1n) is 9.99. The third-order valence-corrected chi connectivity index (χ3v) is 5.44. The Labute approximate surface area is 189 Å². The largest absolute Gasteiger partial charge is 0.507 e. The van der Waals surface area contributed by atoms with Gasteiger partial charge in [-0.25, -0.2) is 0 Å². The van der Waals surface area contributed by atoms with Gasteiger partial charge in [-0.15, -0.1) is 0 Å². The maximum Gasteiger partial charge on any atom is 0.459 e. The fourth-order valence-electron chi connectivity index (χ4n) is 3.74. The van der Waals surface area contributed by atoms with Crippen LogP contribution in [0, 0.1) is 0 Å². The van der Waals surface area contributed by atoms with E-state index < -0.39 is 24.6 Å². The van der Waals surface area contributed by atoms with Crippen molar-refractivity contribution in [2.45, 2.75) is 18.0 Å². The number of hydrogen-bond donors (Lipinski definition) is 1. The molecule has 4 aromatic rings. The summed E-state index contributed by atoms with van der Waals surface area (Å²) in [5, 5.41) is 14.2. The molecule has 4 rings (SSSR count). The number of nitrogens with zero attached hydrogens (tertiary/aromatic N) is 1. The lowest BCUT2D eigenvalue weighted by Crippen LogP contribution is -2.53. The minimum atomic E-state index is -6.43. The summed E-state index contributed by atoms with van der Waals surface area (Å²) in [5.74, 6) is -12.1. The lowest BCUT2D eigenvalue weighted by atomic mass is 9.91. The SMILES string of the molecule is Oc1c(C=NCC(F)(F)C(F)(F)C(F)(F)F)cccc1-c1c2ccccc2cc2ccccc12. The predicted octanol–water partition coefficient (Wildman–Crippen LogP) is 7.62. The predicted molar refractivity (Wildman–Crippen MR) is 117 cm³/mol. The van der Waals surface area contributed by atoms with Gasteiger partial charge in [0.25, 0.3) is 0 Å². The first-order chi connectivity index (χ1) is 15.9. The van der Waals surface area contributed by atoms with Crippen LogP contribution >= 0.6 is 0 Å². The van der Waals surface area contributed by atoms with Gasteiger partial charge in [-0.2, -0.15) is 30.7 Å². The topological polar surface area (TPSA) is 32.6 Å². The van der Waals surface area contributed by atoms with Gasteiger partial charge in [0.05, 0.1) is 0 Å². The number of fused-ring (bicyclic) bond motifs is 2. The first-order valence-corrected chi connectivity index (χ1v) is 9.99. The number of hydrogen-bond acceptors (Lipinski definition) is 2. The van der Waals surface area contributed by atoms with E-state index in [0.29, 0.717) is 17.3 Å². The third-order valence-electron chi connectivity index (χ3n) is 5.44. The molecule has 0 fully saturated rings. The summed E-state index contributed by atoms with van der Waals surface area (Å²) in [6.07, 6.45) is -5.77. The lowest BCUT2D eigenvalue weighted by molar-refractivity contribution is -0.351. The molecule has 1 N–H and O–H groups in total. The summed E-state index contributed by atoms with van der Waals surface area (Å²) in [6.45, 7) is -2.11. The van der Waals surface area contributed by atoms with E-state index in [9.17, 15) is 35.8 Å². The van der Waals surface area contributed by atoms with Gasteiger partial charge in [-0.3, -0.25) is 4.99 Å². The summed E-state index contributed by atoms with van der Waals surface area (Å²) < 4.78 is 90.2. The molecule has 176 valence electrons. The zero-order chi connectivity index (χ0) is 24.7. The van der Waals surface area contributed by atoms with Crippen LogP contribution in [-0.2, 0) is 0 Å². The second-order valence-electron chi connectivity index (χ2n) is 7.68. The number of aliphatic imine (C=N–C) groups is 1. The zero-order valence-electron chi connectivity index (χ0n) is 17.3. The van der Waals surface area contributed by atoms with E-state index in [-0.39, 0.29) is 11.3 Å². The molecule has 0 aromatic heterocycles. The van der Waals surface area contributed by atoms with Gasteiger partial charge < -0.3 is 5.11 Å². The van der Waals surface area contributed by atoms with Crippen molar-refractivity contribution in [3.05, 3.63) is 78.4 Å². The molecule has 0 unspecified atom stereocenters.